The highest BCUT2D eigenvalue weighted by molar-refractivity contribution is 5.95. The maximum Gasteiger partial charge on any atom is 0.330 e. The zero-order valence-electron chi connectivity index (χ0n) is 24.2. The summed E-state index contributed by atoms with van der Waals surface area (Å²) in [5, 5.41) is 4.34. The molecule has 220 valence electrons. The number of fused-ring (bicyclic) bond motifs is 3. The van der Waals surface area contributed by atoms with Gasteiger partial charge < -0.3 is 23.8 Å². The van der Waals surface area contributed by atoms with Crippen LogP contribution in [0, 0.1) is 11.3 Å². The molecule has 1 saturated heterocycles. The Bertz CT molecular complexity index is 1240. The number of esters is 1. The lowest BCUT2D eigenvalue weighted by Crippen LogP contribution is -2.51. The van der Waals surface area contributed by atoms with Gasteiger partial charge in [0, 0.05) is 42.7 Å². The fourth-order valence-corrected chi connectivity index (χ4v) is 7.37. The number of amides is 1. The lowest BCUT2D eigenvalue weighted by Gasteiger charge is -2.53. The molecule has 1 aromatic heterocycles. The molecule has 5 fully saturated rings. The summed E-state index contributed by atoms with van der Waals surface area (Å²) in [4.78, 5) is 34.9. The topological polar surface area (TPSA) is 98.0 Å². The Labute approximate surface area is 242 Å². The van der Waals surface area contributed by atoms with Crippen LogP contribution in [-0.4, -0.2) is 62.0 Å². The van der Waals surface area contributed by atoms with Crippen molar-refractivity contribution in [2.75, 3.05) is 49.8 Å². The highest BCUT2D eigenvalue weighted by Gasteiger charge is 2.53. The van der Waals surface area contributed by atoms with Gasteiger partial charge in [0.25, 0.3) is 5.95 Å². The smallest absolute Gasteiger partial charge is 0.330 e. The van der Waals surface area contributed by atoms with Gasteiger partial charge in [-0.1, -0.05) is 31.4 Å². The van der Waals surface area contributed by atoms with Gasteiger partial charge in [0.05, 0.1) is 20.3 Å². The van der Waals surface area contributed by atoms with Crippen LogP contribution in [0.3, 0.4) is 0 Å². The maximum absolute atomic E-state index is 14.1. The normalized spacial score (nSPS) is 26.8. The first-order valence-electron chi connectivity index (χ1n) is 15.3. The van der Waals surface area contributed by atoms with Crippen molar-refractivity contribution in [1.82, 2.24) is 10.1 Å². The average Bonchev–Trinajstić information content (AvgIpc) is 3.56. The van der Waals surface area contributed by atoms with E-state index in [-0.39, 0.29) is 22.7 Å². The van der Waals surface area contributed by atoms with Crippen LogP contribution in [0.15, 0.2) is 34.9 Å². The number of carbonyl (C=O) groups is 2. The molecule has 4 aliphatic carbocycles. The fraction of sp³-hybridized carbons (Fsp3) is 0.625. The van der Waals surface area contributed by atoms with E-state index >= 15 is 0 Å². The summed E-state index contributed by atoms with van der Waals surface area (Å²) in [5.41, 5.74) is 1.81. The van der Waals surface area contributed by atoms with E-state index in [9.17, 15) is 9.59 Å². The molecule has 0 N–H and O–H groups in total. The molecule has 5 aliphatic rings. The van der Waals surface area contributed by atoms with Crippen LogP contribution >= 0.6 is 0 Å². The zero-order valence-corrected chi connectivity index (χ0v) is 24.2. The quantitative estimate of drug-likeness (QED) is 0.316. The molecule has 2 aromatic rings. The van der Waals surface area contributed by atoms with E-state index in [0.717, 1.165) is 101 Å². The largest absolute Gasteiger partial charge is 0.466 e. The second-order valence-corrected chi connectivity index (χ2v) is 12.5. The van der Waals surface area contributed by atoms with Gasteiger partial charge in [-0.05, 0) is 85.7 Å². The highest BCUT2D eigenvalue weighted by atomic mass is 16.5. The van der Waals surface area contributed by atoms with E-state index in [1.165, 1.54) is 19.6 Å². The van der Waals surface area contributed by atoms with Gasteiger partial charge in [0.15, 0.2) is 0 Å². The van der Waals surface area contributed by atoms with Crippen molar-refractivity contribution in [3.8, 4) is 0 Å². The molecule has 0 radical (unpaired) electrons. The summed E-state index contributed by atoms with van der Waals surface area (Å²) in [6.07, 6.45) is 14.7. The molecular formula is C32H42N4O5. The van der Waals surface area contributed by atoms with Crippen LogP contribution in [-0.2, 0) is 24.5 Å². The van der Waals surface area contributed by atoms with Gasteiger partial charge in [0.2, 0.25) is 11.8 Å². The van der Waals surface area contributed by atoms with E-state index in [4.69, 9.17) is 19.0 Å². The molecule has 9 heteroatoms. The molecule has 4 saturated carbocycles. The van der Waals surface area contributed by atoms with E-state index in [1.54, 1.807) is 6.08 Å². The second kappa shape index (κ2) is 12.0. The monoisotopic (exact) mass is 562 g/mol. The van der Waals surface area contributed by atoms with Gasteiger partial charge in [0.1, 0.15) is 0 Å². The number of carbonyl (C=O) groups excluding carboxylic acids is 2. The summed E-state index contributed by atoms with van der Waals surface area (Å²) in [6.45, 7) is 3.70. The lowest BCUT2D eigenvalue weighted by atomic mass is 9.53. The third kappa shape index (κ3) is 5.92. The molecule has 0 unspecified atom stereocenters. The Morgan fingerprint density at radius 1 is 1.07 bits per heavy atom. The number of hydrogen-bond donors (Lipinski definition) is 0. The number of nitrogens with zero attached hydrogens (tertiary/aromatic N) is 4. The van der Waals surface area contributed by atoms with Crippen molar-refractivity contribution < 1.29 is 23.6 Å². The summed E-state index contributed by atoms with van der Waals surface area (Å²) in [6, 6.07) is 7.99. The minimum atomic E-state index is -0.393. The summed E-state index contributed by atoms with van der Waals surface area (Å²) < 4.78 is 16.1. The van der Waals surface area contributed by atoms with Crippen LogP contribution in [0.5, 0.6) is 0 Å². The molecule has 7 rings (SSSR count). The molecule has 2 bridgehead atoms. The van der Waals surface area contributed by atoms with Gasteiger partial charge in [-0.15, -0.1) is 0 Å². The van der Waals surface area contributed by atoms with Crippen molar-refractivity contribution in [2.45, 2.75) is 76.0 Å². The van der Waals surface area contributed by atoms with Gasteiger partial charge in [-0.3, -0.25) is 4.79 Å². The van der Waals surface area contributed by atoms with Crippen LogP contribution in [0.4, 0.5) is 11.6 Å². The number of anilines is 2. The number of ether oxygens (including phenoxy) is 2. The Morgan fingerprint density at radius 2 is 1.80 bits per heavy atom. The van der Waals surface area contributed by atoms with Crippen molar-refractivity contribution in [3.63, 3.8) is 0 Å². The first-order valence-corrected chi connectivity index (χ1v) is 15.3. The average molecular weight is 563 g/mol. The lowest BCUT2D eigenvalue weighted by molar-refractivity contribution is -0.134. The first kappa shape index (κ1) is 27.9. The molecule has 9 nitrogen and oxygen atoms in total. The summed E-state index contributed by atoms with van der Waals surface area (Å²) in [5.74, 6) is 1.41. The van der Waals surface area contributed by atoms with Crippen LogP contribution in [0.25, 0.3) is 6.08 Å². The van der Waals surface area contributed by atoms with Gasteiger partial charge in [-0.25, -0.2) is 4.79 Å². The van der Waals surface area contributed by atoms with Crippen molar-refractivity contribution in [3.05, 3.63) is 41.8 Å². The van der Waals surface area contributed by atoms with Crippen molar-refractivity contribution in [1.29, 1.82) is 0 Å². The van der Waals surface area contributed by atoms with Gasteiger partial charge in [-0.2, -0.15) is 4.98 Å². The van der Waals surface area contributed by atoms with E-state index in [1.807, 2.05) is 24.3 Å². The third-order valence-corrected chi connectivity index (χ3v) is 10.1. The SMILES string of the molecule is COC(=O)/C=C/c1cccc(N(CC23CCC(c4nc(N5CCOCC5)no4)(CC2)CC3)C(=O)C2CCCCC2)c1. The first-order chi connectivity index (χ1) is 20.0. The van der Waals surface area contributed by atoms with Gasteiger partial charge >= 0.3 is 5.97 Å². The number of hydrogen-bond acceptors (Lipinski definition) is 8. The molecule has 1 aliphatic heterocycles. The van der Waals surface area contributed by atoms with E-state index in [2.05, 4.69) is 15.0 Å². The Hall–Kier alpha value is -3.20. The second-order valence-electron chi connectivity index (χ2n) is 12.5. The number of rotatable bonds is 8. The summed E-state index contributed by atoms with van der Waals surface area (Å²) >= 11 is 0. The number of methoxy groups -OCH3 is 1. The number of morpholine rings is 1. The minimum absolute atomic E-state index is 0.0594. The number of aromatic nitrogens is 2. The zero-order chi connectivity index (χ0) is 28.3. The van der Waals surface area contributed by atoms with Crippen LogP contribution in [0.1, 0.15) is 82.1 Å². The Morgan fingerprint density at radius 3 is 2.51 bits per heavy atom. The standard InChI is InChI=1S/C32H42N4O5/c1-39-27(37)11-10-24-6-5-9-26(22-24)36(28(38)25-7-3-2-4-8-25)23-31-12-15-32(16-13-31,17-14-31)29-33-30(34-41-29)35-18-20-40-21-19-35/h5-6,9-11,22,25H,2-4,7-8,12-21,23H2,1H3/b11-10+. The van der Waals surface area contributed by atoms with Crippen molar-refractivity contribution >= 4 is 29.6 Å². The van der Waals surface area contributed by atoms with Crippen molar-refractivity contribution in [2.24, 2.45) is 11.3 Å². The molecule has 2 heterocycles. The molecular weight excluding hydrogens is 520 g/mol. The Balaban J connectivity index is 1.20. The summed E-state index contributed by atoms with van der Waals surface area (Å²) in [7, 11) is 1.37. The molecule has 41 heavy (non-hydrogen) atoms. The van der Waals surface area contributed by atoms with E-state index < -0.39 is 5.97 Å². The predicted molar refractivity (Wildman–Crippen MR) is 156 cm³/mol. The predicted octanol–water partition coefficient (Wildman–Crippen LogP) is 5.30. The number of benzene rings is 1. The highest BCUT2D eigenvalue weighted by Crippen LogP contribution is 2.58. The molecule has 0 atom stereocenters. The fourth-order valence-electron chi connectivity index (χ4n) is 7.37. The molecule has 1 aromatic carbocycles. The minimum Gasteiger partial charge on any atom is -0.466 e. The molecule has 1 amide bonds. The molecule has 0 spiro atoms. The Kier molecular flexibility index (Phi) is 8.15. The maximum atomic E-state index is 14.1. The van der Waals surface area contributed by atoms with Crippen LogP contribution < -0.4 is 9.80 Å². The van der Waals surface area contributed by atoms with E-state index in [0.29, 0.717) is 19.2 Å². The van der Waals surface area contributed by atoms with Crippen LogP contribution in [0.2, 0.25) is 0 Å². The third-order valence-electron chi connectivity index (χ3n) is 10.1.